The van der Waals surface area contributed by atoms with Crippen LogP contribution in [0.2, 0.25) is 0 Å². The van der Waals surface area contributed by atoms with Crippen LogP contribution in [-0.2, 0) is 4.79 Å². The molecule has 0 bridgehead atoms. The van der Waals surface area contributed by atoms with Gasteiger partial charge in [0.15, 0.2) is 6.61 Å². The summed E-state index contributed by atoms with van der Waals surface area (Å²) < 4.78 is 12.1. The average Bonchev–Trinajstić information content (AvgIpc) is 2.83. The molecule has 3 rings (SSSR count). The molecular weight excluding hydrogens is 472 g/mol. The summed E-state index contributed by atoms with van der Waals surface area (Å²) in [5.74, 6) is 0.0840. The van der Waals surface area contributed by atoms with E-state index in [1.54, 1.807) is 24.3 Å². The summed E-state index contributed by atoms with van der Waals surface area (Å²) in [5.41, 5.74) is 7.01. The first-order valence-corrected chi connectivity index (χ1v) is 11.2. The van der Waals surface area contributed by atoms with Crippen molar-refractivity contribution in [3.63, 3.8) is 0 Å². The number of para-hydroxylation sites is 1. The van der Waals surface area contributed by atoms with Crippen molar-refractivity contribution in [2.75, 3.05) is 13.2 Å². The Morgan fingerprint density at radius 3 is 2.41 bits per heavy atom. The van der Waals surface area contributed by atoms with Crippen LogP contribution in [0.3, 0.4) is 0 Å². The minimum absolute atomic E-state index is 0.248. The van der Waals surface area contributed by atoms with Gasteiger partial charge in [-0.2, -0.15) is 0 Å². The molecule has 0 aliphatic rings. The molecule has 7 heteroatoms. The largest absolute Gasteiger partial charge is 0.493 e. The van der Waals surface area contributed by atoms with E-state index in [0.717, 1.165) is 28.4 Å². The maximum Gasteiger partial charge on any atom is 0.276 e. The van der Waals surface area contributed by atoms with Crippen molar-refractivity contribution < 1.29 is 19.1 Å². The van der Waals surface area contributed by atoms with E-state index in [2.05, 4.69) is 33.7 Å². The molecule has 0 atom stereocenters. The lowest BCUT2D eigenvalue weighted by Crippen LogP contribution is -2.44. The number of amides is 2. The summed E-state index contributed by atoms with van der Waals surface area (Å²) in [6.45, 7) is 2.33. The monoisotopic (exact) mass is 496 g/mol. The van der Waals surface area contributed by atoms with Crippen LogP contribution in [0.25, 0.3) is 11.1 Å². The maximum atomic E-state index is 12.6. The van der Waals surface area contributed by atoms with Gasteiger partial charge in [0.05, 0.1) is 12.2 Å². The van der Waals surface area contributed by atoms with Crippen molar-refractivity contribution in [2.45, 2.75) is 19.8 Å². The van der Waals surface area contributed by atoms with Gasteiger partial charge in [0.25, 0.3) is 11.8 Å². The molecule has 0 unspecified atom stereocenters. The maximum absolute atomic E-state index is 12.6. The number of hydrogen-bond donors (Lipinski definition) is 2. The summed E-state index contributed by atoms with van der Waals surface area (Å²) >= 11 is 3.36. The van der Waals surface area contributed by atoms with Gasteiger partial charge < -0.3 is 9.47 Å². The highest BCUT2D eigenvalue weighted by Gasteiger charge is 2.15. The second kappa shape index (κ2) is 11.9. The van der Waals surface area contributed by atoms with E-state index in [9.17, 15) is 9.59 Å². The van der Waals surface area contributed by atoms with Crippen LogP contribution in [-0.4, -0.2) is 25.0 Å². The van der Waals surface area contributed by atoms with Crippen LogP contribution in [0.1, 0.15) is 30.1 Å². The van der Waals surface area contributed by atoms with Gasteiger partial charge in [0.2, 0.25) is 0 Å². The Labute approximate surface area is 196 Å². The van der Waals surface area contributed by atoms with Crippen LogP contribution in [0.5, 0.6) is 11.5 Å². The van der Waals surface area contributed by atoms with Crippen molar-refractivity contribution in [3.05, 3.63) is 82.8 Å². The third-order valence-corrected chi connectivity index (χ3v) is 5.08. The summed E-state index contributed by atoms with van der Waals surface area (Å²) in [5, 5.41) is 0. The second-order valence-electron chi connectivity index (χ2n) is 7.00. The zero-order chi connectivity index (χ0) is 22.8. The molecule has 32 heavy (non-hydrogen) atoms. The number of ether oxygens (including phenoxy) is 2. The van der Waals surface area contributed by atoms with Gasteiger partial charge >= 0.3 is 0 Å². The molecule has 6 nitrogen and oxygen atoms in total. The molecule has 3 aromatic carbocycles. The SMILES string of the molecule is CCCCOc1ccc(Br)cc1C(=O)NNC(=O)COc1ccccc1-c1ccccc1. The first kappa shape index (κ1) is 23.3. The molecule has 0 saturated heterocycles. The quantitative estimate of drug-likeness (QED) is 0.317. The van der Waals surface area contributed by atoms with Crippen LogP contribution < -0.4 is 20.3 Å². The summed E-state index contributed by atoms with van der Waals surface area (Å²) in [6, 6.07) is 22.4. The number of unbranched alkanes of at least 4 members (excludes halogenated alkanes) is 1. The standard InChI is InChI=1S/C25H25BrN2O4/c1-2-3-15-31-23-14-13-19(26)16-21(23)25(30)28-27-24(29)17-32-22-12-8-7-11-20(22)18-9-5-4-6-10-18/h4-14,16H,2-3,15,17H2,1H3,(H,27,29)(H,28,30). The van der Waals surface area contributed by atoms with Crippen molar-refractivity contribution in [1.29, 1.82) is 0 Å². The smallest absolute Gasteiger partial charge is 0.276 e. The Morgan fingerprint density at radius 2 is 1.62 bits per heavy atom. The van der Waals surface area contributed by atoms with E-state index in [0.29, 0.717) is 23.7 Å². The second-order valence-corrected chi connectivity index (χ2v) is 7.91. The fraction of sp³-hybridized carbons (Fsp3) is 0.200. The Morgan fingerprint density at radius 1 is 0.875 bits per heavy atom. The number of carbonyl (C=O) groups excluding carboxylic acids is 2. The average molecular weight is 497 g/mol. The number of benzene rings is 3. The van der Waals surface area contributed by atoms with Crippen molar-refractivity contribution >= 4 is 27.7 Å². The number of carbonyl (C=O) groups is 2. The van der Waals surface area contributed by atoms with Crippen molar-refractivity contribution in [1.82, 2.24) is 10.9 Å². The minimum atomic E-state index is -0.482. The molecule has 2 N–H and O–H groups in total. The lowest BCUT2D eigenvalue weighted by Gasteiger charge is -2.14. The molecule has 0 fully saturated rings. The van der Waals surface area contributed by atoms with E-state index in [1.807, 2.05) is 48.5 Å². The first-order valence-electron chi connectivity index (χ1n) is 10.4. The topological polar surface area (TPSA) is 76.7 Å². The zero-order valence-electron chi connectivity index (χ0n) is 17.8. The minimum Gasteiger partial charge on any atom is -0.493 e. The first-order chi connectivity index (χ1) is 15.6. The highest BCUT2D eigenvalue weighted by atomic mass is 79.9. The molecule has 0 spiro atoms. The van der Waals surface area contributed by atoms with Gasteiger partial charge in [0.1, 0.15) is 11.5 Å². The van der Waals surface area contributed by atoms with Crippen LogP contribution >= 0.6 is 15.9 Å². The Hall–Kier alpha value is -3.32. The fourth-order valence-electron chi connectivity index (χ4n) is 2.95. The molecule has 0 saturated carbocycles. The highest BCUT2D eigenvalue weighted by Crippen LogP contribution is 2.29. The predicted molar refractivity (Wildman–Crippen MR) is 128 cm³/mol. The Kier molecular flexibility index (Phi) is 8.69. The number of halogens is 1. The fourth-order valence-corrected chi connectivity index (χ4v) is 3.31. The normalized spacial score (nSPS) is 10.3. The number of hydrogen-bond acceptors (Lipinski definition) is 4. The van der Waals surface area contributed by atoms with Gasteiger partial charge in [-0.05, 0) is 36.2 Å². The van der Waals surface area contributed by atoms with Crippen molar-refractivity contribution in [2.24, 2.45) is 0 Å². The molecule has 3 aromatic rings. The van der Waals surface area contributed by atoms with Crippen LogP contribution in [0.15, 0.2) is 77.3 Å². The molecule has 0 heterocycles. The van der Waals surface area contributed by atoms with Gasteiger partial charge in [-0.15, -0.1) is 0 Å². The molecule has 0 aliphatic heterocycles. The number of rotatable bonds is 9. The van der Waals surface area contributed by atoms with Gasteiger partial charge in [-0.1, -0.05) is 77.8 Å². The van der Waals surface area contributed by atoms with Crippen LogP contribution in [0, 0.1) is 0 Å². The van der Waals surface area contributed by atoms with Crippen molar-refractivity contribution in [3.8, 4) is 22.6 Å². The van der Waals surface area contributed by atoms with Crippen LogP contribution in [0.4, 0.5) is 0 Å². The van der Waals surface area contributed by atoms with Gasteiger partial charge in [-0.3, -0.25) is 20.4 Å². The number of hydrazine groups is 1. The number of nitrogens with one attached hydrogen (secondary N) is 2. The highest BCUT2D eigenvalue weighted by molar-refractivity contribution is 9.10. The molecule has 0 aromatic heterocycles. The molecule has 0 aliphatic carbocycles. The van der Waals surface area contributed by atoms with Gasteiger partial charge in [-0.25, -0.2) is 0 Å². The summed E-state index contributed by atoms with van der Waals surface area (Å²) in [7, 11) is 0. The summed E-state index contributed by atoms with van der Waals surface area (Å²) in [4.78, 5) is 24.9. The Bertz CT molecular complexity index is 1060. The molecular formula is C25H25BrN2O4. The van der Waals surface area contributed by atoms with E-state index in [-0.39, 0.29) is 6.61 Å². The molecule has 2 amide bonds. The predicted octanol–water partition coefficient (Wildman–Crippen LogP) is 5.14. The molecule has 166 valence electrons. The zero-order valence-corrected chi connectivity index (χ0v) is 19.4. The lowest BCUT2D eigenvalue weighted by atomic mass is 10.1. The van der Waals surface area contributed by atoms with E-state index >= 15 is 0 Å². The third-order valence-electron chi connectivity index (χ3n) is 4.59. The molecule has 0 radical (unpaired) electrons. The summed E-state index contributed by atoms with van der Waals surface area (Å²) in [6.07, 6.45) is 1.87. The van der Waals surface area contributed by atoms with E-state index in [1.165, 1.54) is 0 Å². The third kappa shape index (κ3) is 6.59. The lowest BCUT2D eigenvalue weighted by molar-refractivity contribution is -0.123. The van der Waals surface area contributed by atoms with E-state index in [4.69, 9.17) is 9.47 Å². The van der Waals surface area contributed by atoms with Gasteiger partial charge in [0, 0.05) is 10.0 Å². The Balaban J connectivity index is 1.57. The van der Waals surface area contributed by atoms with E-state index < -0.39 is 11.8 Å².